The van der Waals surface area contributed by atoms with Crippen LogP contribution in [0, 0.1) is 11.3 Å². The first-order valence-corrected chi connectivity index (χ1v) is 11.6. The van der Waals surface area contributed by atoms with Gasteiger partial charge in [0, 0.05) is 25.7 Å². The molecule has 0 saturated carbocycles. The molecule has 1 aromatic rings. The number of ether oxygens (including phenoxy) is 1. The number of nitriles is 1. The van der Waals surface area contributed by atoms with E-state index in [0.29, 0.717) is 16.5 Å². The number of nitrogens with one attached hydrogen (secondary N) is 1. The highest BCUT2D eigenvalue weighted by molar-refractivity contribution is 8.01. The SMILES string of the molecule is CO[C@@]1(NC(=O)CS[13CH2][13C]#[15N])C(=O)N2C(C(=O)O)=C(CSc3nnnn3C)CS[C@@H]21. The minimum atomic E-state index is -1.64. The number of amides is 2. The van der Waals surface area contributed by atoms with Gasteiger partial charge in [-0.05, 0) is 16.0 Å². The zero-order chi connectivity index (χ0) is 21.9. The van der Waals surface area contributed by atoms with Gasteiger partial charge in [0.15, 0.2) is 0 Å². The topological polar surface area (TPSA) is 163 Å². The highest BCUT2D eigenvalue weighted by Crippen LogP contribution is 2.47. The van der Waals surface area contributed by atoms with Gasteiger partial charge in [0.25, 0.3) is 11.6 Å². The lowest BCUT2D eigenvalue weighted by molar-refractivity contribution is -0.192. The van der Waals surface area contributed by atoms with Crippen molar-refractivity contribution in [2.24, 2.45) is 7.05 Å². The minimum absolute atomic E-state index is 0.0153. The summed E-state index contributed by atoms with van der Waals surface area (Å²) in [5.41, 5.74) is -1.21. The molecule has 2 N–H and O–H groups in total. The molecule has 0 radical (unpaired) electrons. The third-order valence-corrected chi connectivity index (χ3v) is 7.59. The summed E-state index contributed by atoms with van der Waals surface area (Å²) in [6.45, 7) is 0. The molecule has 12 nitrogen and oxygen atoms in total. The average molecular weight is 475 g/mol. The van der Waals surface area contributed by atoms with Crippen molar-refractivity contribution in [3.8, 4) is 6.07 Å². The van der Waals surface area contributed by atoms with E-state index in [2.05, 4.69) is 20.8 Å². The molecule has 15 heteroatoms. The van der Waals surface area contributed by atoms with E-state index in [9.17, 15) is 19.5 Å². The van der Waals surface area contributed by atoms with E-state index >= 15 is 0 Å². The van der Waals surface area contributed by atoms with Crippen molar-refractivity contribution < 1.29 is 24.2 Å². The number of aryl methyl sites for hydroxylation is 1. The molecular formula is C15H17N7O5S3. The van der Waals surface area contributed by atoms with Gasteiger partial charge >= 0.3 is 5.97 Å². The summed E-state index contributed by atoms with van der Waals surface area (Å²) >= 11 is 3.67. The van der Waals surface area contributed by atoms with Crippen LogP contribution in [0.2, 0.25) is 0 Å². The number of tetrazole rings is 1. The van der Waals surface area contributed by atoms with E-state index in [0.717, 1.165) is 16.7 Å². The minimum Gasteiger partial charge on any atom is -0.477 e. The molecule has 1 fully saturated rings. The first-order chi connectivity index (χ1) is 14.4. The fraction of sp³-hybridized carbons (Fsp3) is 0.533. The van der Waals surface area contributed by atoms with E-state index < -0.39 is 28.9 Å². The van der Waals surface area contributed by atoms with Crippen molar-refractivity contribution in [1.29, 1.82) is 5.26 Å². The number of thioether (sulfide) groups is 3. The zero-order valence-electron chi connectivity index (χ0n) is 15.9. The van der Waals surface area contributed by atoms with Crippen LogP contribution in [-0.4, -0.2) is 89.2 Å². The number of fused-ring (bicyclic) bond motifs is 1. The normalized spacial score (nSPS) is 22.9. The van der Waals surface area contributed by atoms with Gasteiger partial charge in [0.05, 0.1) is 17.6 Å². The van der Waals surface area contributed by atoms with E-state index in [1.54, 1.807) is 7.05 Å². The van der Waals surface area contributed by atoms with Gasteiger partial charge in [-0.15, -0.1) is 28.6 Å². The highest BCUT2D eigenvalue weighted by atomic mass is 32.2. The first-order valence-electron chi connectivity index (χ1n) is 8.42. The summed E-state index contributed by atoms with van der Waals surface area (Å²) in [6, 6.07) is 1.92. The Morgan fingerprint density at radius 2 is 2.30 bits per heavy atom. The number of rotatable bonds is 9. The summed E-state index contributed by atoms with van der Waals surface area (Å²) in [5, 5.41) is 31.8. The van der Waals surface area contributed by atoms with Crippen LogP contribution in [0.15, 0.2) is 16.4 Å². The lowest BCUT2D eigenvalue weighted by Gasteiger charge is -2.55. The van der Waals surface area contributed by atoms with Crippen molar-refractivity contribution in [2.45, 2.75) is 16.3 Å². The molecule has 30 heavy (non-hydrogen) atoms. The van der Waals surface area contributed by atoms with Gasteiger partial charge in [-0.1, -0.05) is 11.8 Å². The van der Waals surface area contributed by atoms with Gasteiger partial charge < -0.3 is 15.2 Å². The maximum absolute atomic E-state index is 12.9. The van der Waals surface area contributed by atoms with Crippen LogP contribution < -0.4 is 5.32 Å². The molecule has 3 rings (SSSR count). The van der Waals surface area contributed by atoms with Crippen LogP contribution in [-0.2, 0) is 26.2 Å². The molecule has 1 aromatic heterocycles. The fourth-order valence-electron chi connectivity index (χ4n) is 2.98. The standard InChI is InChI=1S/C15H17N7O5S3/c1-21-14(18-19-20-21)30-6-8-5-29-13-15(27-2,17-9(23)7-28-4-3-16)12(26)22(13)10(8)11(24)25/h13H,4-7H2,1-2H3,(H,17,23)(H,24,25)/t13-,15+/m1/s1/i3+1,4+1,16+1. The Morgan fingerprint density at radius 1 is 1.53 bits per heavy atom. The van der Waals surface area contributed by atoms with Crippen molar-refractivity contribution in [1.82, 2.24) is 30.4 Å². The van der Waals surface area contributed by atoms with Crippen LogP contribution in [0.1, 0.15) is 0 Å². The Hall–Kier alpha value is -2.28. The Kier molecular flexibility index (Phi) is 6.91. The Morgan fingerprint density at radius 3 is 2.90 bits per heavy atom. The molecule has 0 spiro atoms. The third-order valence-electron chi connectivity index (χ3n) is 4.32. The molecule has 3 heterocycles. The molecule has 0 aliphatic carbocycles. The van der Waals surface area contributed by atoms with Crippen LogP contribution in [0.25, 0.3) is 0 Å². The number of carbonyl (C=O) groups is 3. The van der Waals surface area contributed by atoms with Crippen molar-refractivity contribution in [2.75, 3.05) is 30.1 Å². The molecule has 2 aliphatic rings. The van der Waals surface area contributed by atoms with Crippen molar-refractivity contribution in [3.63, 3.8) is 0 Å². The number of carbonyl (C=O) groups excluding carboxylic acids is 2. The quantitative estimate of drug-likeness (QED) is 0.115. The maximum Gasteiger partial charge on any atom is 0.352 e. The Balaban J connectivity index is 1.78. The van der Waals surface area contributed by atoms with E-state index in [1.165, 1.54) is 35.3 Å². The second kappa shape index (κ2) is 9.25. The van der Waals surface area contributed by atoms with Crippen LogP contribution in [0.4, 0.5) is 0 Å². The number of hydrogen-bond donors (Lipinski definition) is 2. The number of β-lactam (4-membered cyclic amide) rings is 1. The number of aliphatic carboxylic acids is 1. The summed E-state index contributed by atoms with van der Waals surface area (Å²) in [5.74, 6) is -1.61. The molecular weight excluding hydrogens is 457 g/mol. The Labute approximate surface area is 183 Å². The maximum atomic E-state index is 12.9. The number of hydrogen-bond acceptors (Lipinski definition) is 11. The predicted octanol–water partition coefficient (Wildman–Crippen LogP) is -0.728. The zero-order valence-corrected chi connectivity index (χ0v) is 18.3. The summed E-state index contributed by atoms with van der Waals surface area (Å²) in [4.78, 5) is 38.2. The molecule has 0 bridgehead atoms. The summed E-state index contributed by atoms with van der Waals surface area (Å²) < 4.78 is 6.83. The van der Waals surface area contributed by atoms with Gasteiger partial charge in [-0.2, -0.15) is 5.26 Å². The molecule has 2 aliphatic heterocycles. The van der Waals surface area contributed by atoms with E-state index in [1.807, 2.05) is 6.07 Å². The van der Waals surface area contributed by atoms with Crippen LogP contribution in [0.5, 0.6) is 0 Å². The second-order valence-electron chi connectivity index (χ2n) is 6.11. The number of carboxylic acids is 1. The van der Waals surface area contributed by atoms with Crippen molar-refractivity contribution in [3.05, 3.63) is 11.3 Å². The number of nitrogens with zero attached hydrogens (tertiary/aromatic N) is 6. The molecule has 0 aromatic carbocycles. The molecule has 1 saturated heterocycles. The van der Waals surface area contributed by atoms with Gasteiger partial charge in [0.1, 0.15) is 11.1 Å². The molecule has 0 unspecified atom stereocenters. The van der Waals surface area contributed by atoms with E-state index in [-0.39, 0.29) is 23.0 Å². The average Bonchev–Trinajstić information content (AvgIpc) is 3.14. The lowest BCUT2D eigenvalue weighted by Crippen LogP contribution is -2.80. The van der Waals surface area contributed by atoms with Gasteiger partial charge in [-0.25, -0.2) is 9.48 Å². The van der Waals surface area contributed by atoms with Crippen molar-refractivity contribution >= 4 is 53.1 Å². The lowest BCUT2D eigenvalue weighted by atomic mass is 9.98. The largest absolute Gasteiger partial charge is 0.477 e. The van der Waals surface area contributed by atoms with E-state index in [4.69, 9.17) is 10.00 Å². The summed E-state index contributed by atoms with van der Waals surface area (Å²) in [6.07, 6.45) is 0. The molecule has 160 valence electrons. The first kappa shape index (κ1) is 22.4. The molecule has 2 amide bonds. The molecule has 2 atom stereocenters. The monoisotopic (exact) mass is 474 g/mol. The van der Waals surface area contributed by atoms with Crippen LogP contribution >= 0.6 is 35.3 Å². The predicted molar refractivity (Wildman–Crippen MR) is 108 cm³/mol. The van der Waals surface area contributed by atoms with Gasteiger partial charge in [-0.3, -0.25) is 14.5 Å². The fourth-order valence-corrected chi connectivity index (χ4v) is 5.86. The highest BCUT2D eigenvalue weighted by Gasteiger charge is 2.66. The van der Waals surface area contributed by atoms with Gasteiger partial charge in [0.2, 0.25) is 11.1 Å². The number of methoxy groups -OCH3 is 1. The Bertz CT molecular complexity index is 945. The smallest absolute Gasteiger partial charge is 0.352 e. The van der Waals surface area contributed by atoms with Crippen LogP contribution in [0.3, 0.4) is 0 Å². The second-order valence-corrected chi connectivity index (χ2v) is 9.11. The summed E-state index contributed by atoms with van der Waals surface area (Å²) in [7, 11) is 2.96. The third kappa shape index (κ3) is 4.00. The number of carboxylic acid groups (broad SMARTS) is 1. The number of aromatic nitrogens is 4.